The summed E-state index contributed by atoms with van der Waals surface area (Å²) in [7, 11) is 0. The molecule has 0 bridgehead atoms. The second-order valence-corrected chi connectivity index (χ2v) is 8.31. The molecule has 2 aromatic heterocycles. The van der Waals surface area contributed by atoms with Crippen LogP contribution >= 0.6 is 11.3 Å². The van der Waals surface area contributed by atoms with Gasteiger partial charge in [0.1, 0.15) is 0 Å². The van der Waals surface area contributed by atoms with Crippen LogP contribution in [0.5, 0.6) is 0 Å². The van der Waals surface area contributed by atoms with Gasteiger partial charge in [-0.2, -0.15) is 0 Å². The van der Waals surface area contributed by atoms with Crippen molar-refractivity contribution in [3.63, 3.8) is 0 Å². The summed E-state index contributed by atoms with van der Waals surface area (Å²) in [5, 5.41) is 2.26. The van der Waals surface area contributed by atoms with E-state index in [-0.39, 0.29) is 12.1 Å². The summed E-state index contributed by atoms with van der Waals surface area (Å²) < 4.78 is 0. The van der Waals surface area contributed by atoms with Crippen LogP contribution in [0.2, 0.25) is 0 Å². The number of thiophene rings is 1. The van der Waals surface area contributed by atoms with E-state index in [1.165, 1.54) is 28.8 Å². The van der Waals surface area contributed by atoms with E-state index in [9.17, 15) is 0 Å². The van der Waals surface area contributed by atoms with Crippen molar-refractivity contribution in [1.82, 2.24) is 9.97 Å². The molecule has 1 fully saturated rings. The molecule has 2 heterocycles. The van der Waals surface area contributed by atoms with Crippen molar-refractivity contribution in [3.05, 3.63) is 76.2 Å². The second-order valence-electron chi connectivity index (χ2n) is 7.36. The van der Waals surface area contributed by atoms with Crippen LogP contribution in [0.4, 0.5) is 0 Å². The third-order valence-electron chi connectivity index (χ3n) is 5.44. The Labute approximate surface area is 162 Å². The minimum absolute atomic E-state index is 0.260. The number of nitrogens with two attached hydrogens (primary N) is 2. The molecule has 2 aromatic carbocycles. The average Bonchev–Trinajstić information content (AvgIpc) is 3.25. The molecule has 27 heavy (non-hydrogen) atoms. The molecule has 1 saturated carbocycles. The number of hydrogen-bond acceptors (Lipinski definition) is 4. The van der Waals surface area contributed by atoms with Crippen molar-refractivity contribution in [2.45, 2.75) is 30.8 Å². The van der Waals surface area contributed by atoms with E-state index in [1.54, 1.807) is 6.33 Å². The zero-order valence-electron chi connectivity index (χ0n) is 14.9. The number of H-pyrrole nitrogens is 1. The van der Waals surface area contributed by atoms with Crippen LogP contribution in [-0.2, 0) is 0 Å². The first kappa shape index (κ1) is 16.7. The molecule has 1 aliphatic carbocycles. The van der Waals surface area contributed by atoms with Crippen LogP contribution in [0, 0.1) is 0 Å². The molecule has 4 aromatic rings. The van der Waals surface area contributed by atoms with Crippen molar-refractivity contribution < 1.29 is 0 Å². The molecule has 5 rings (SSSR count). The first-order chi connectivity index (χ1) is 13.2. The predicted octanol–water partition coefficient (Wildman–Crippen LogP) is 4.87. The maximum absolute atomic E-state index is 6.48. The summed E-state index contributed by atoms with van der Waals surface area (Å²) >= 11 is 1.88. The Kier molecular flexibility index (Phi) is 4.08. The van der Waals surface area contributed by atoms with Crippen LogP contribution in [0.25, 0.3) is 22.2 Å². The molecule has 0 amide bonds. The predicted molar refractivity (Wildman–Crippen MR) is 112 cm³/mol. The van der Waals surface area contributed by atoms with Gasteiger partial charge in [-0.15, -0.1) is 11.3 Å². The highest BCUT2D eigenvalue weighted by atomic mass is 32.1. The highest BCUT2D eigenvalue weighted by Crippen LogP contribution is 2.44. The molecule has 5 heteroatoms. The lowest BCUT2D eigenvalue weighted by atomic mass is 9.93. The molecule has 0 aliphatic heterocycles. The van der Waals surface area contributed by atoms with Crippen molar-refractivity contribution in [1.29, 1.82) is 0 Å². The molecule has 4 nitrogen and oxygen atoms in total. The van der Waals surface area contributed by atoms with Gasteiger partial charge in [-0.25, -0.2) is 4.98 Å². The Morgan fingerprint density at radius 1 is 0.926 bits per heavy atom. The fraction of sp³-hybridized carbons (Fsp3) is 0.227. The van der Waals surface area contributed by atoms with Gasteiger partial charge in [-0.05, 0) is 64.6 Å². The van der Waals surface area contributed by atoms with Gasteiger partial charge in [0.05, 0.1) is 17.4 Å². The summed E-state index contributed by atoms with van der Waals surface area (Å²) in [6, 6.07) is 16.3. The quantitative estimate of drug-likeness (QED) is 0.466. The van der Waals surface area contributed by atoms with E-state index >= 15 is 0 Å². The molecule has 2 unspecified atom stereocenters. The maximum atomic E-state index is 6.48. The number of aromatic nitrogens is 2. The second kappa shape index (κ2) is 6.60. The fourth-order valence-electron chi connectivity index (χ4n) is 3.56. The zero-order chi connectivity index (χ0) is 18.4. The van der Waals surface area contributed by atoms with Crippen molar-refractivity contribution in [3.8, 4) is 11.1 Å². The number of imidazole rings is 1. The average molecular weight is 375 g/mol. The van der Waals surface area contributed by atoms with E-state index in [4.69, 9.17) is 11.5 Å². The highest BCUT2D eigenvalue weighted by Gasteiger charge is 2.25. The Bertz CT molecular complexity index is 1080. The molecular formula is C22H22N4S. The monoisotopic (exact) mass is 374 g/mol. The van der Waals surface area contributed by atoms with Crippen molar-refractivity contribution in [2.24, 2.45) is 11.5 Å². The highest BCUT2D eigenvalue weighted by molar-refractivity contribution is 7.10. The first-order valence-corrected chi connectivity index (χ1v) is 10.2. The summed E-state index contributed by atoms with van der Waals surface area (Å²) in [5.41, 5.74) is 19.5. The third kappa shape index (κ3) is 3.18. The van der Waals surface area contributed by atoms with Gasteiger partial charge in [-0.1, -0.05) is 30.3 Å². The van der Waals surface area contributed by atoms with Crippen LogP contribution in [0.3, 0.4) is 0 Å². The van der Waals surface area contributed by atoms with E-state index < -0.39 is 0 Å². The Morgan fingerprint density at radius 2 is 1.67 bits per heavy atom. The maximum Gasteiger partial charge on any atom is 0.0931 e. The first-order valence-electron chi connectivity index (χ1n) is 9.32. The van der Waals surface area contributed by atoms with E-state index in [2.05, 4.69) is 45.7 Å². The van der Waals surface area contributed by atoms with Crippen molar-refractivity contribution >= 4 is 22.4 Å². The van der Waals surface area contributed by atoms with E-state index in [0.29, 0.717) is 0 Å². The Balaban J connectivity index is 1.36. The SMILES string of the molecule is NC(c1ccc(-c2csc(C3CC3)c2)cc1)C(N)c1ccc2nc[nH]c2c1. The van der Waals surface area contributed by atoms with Gasteiger partial charge in [-0.3, -0.25) is 0 Å². The van der Waals surface area contributed by atoms with Crippen molar-refractivity contribution in [2.75, 3.05) is 0 Å². The van der Waals surface area contributed by atoms with Gasteiger partial charge >= 0.3 is 0 Å². The minimum atomic E-state index is -0.272. The van der Waals surface area contributed by atoms with Gasteiger partial charge < -0.3 is 16.5 Å². The lowest BCUT2D eigenvalue weighted by molar-refractivity contribution is 0.575. The smallest absolute Gasteiger partial charge is 0.0931 e. The minimum Gasteiger partial charge on any atom is -0.345 e. The molecule has 136 valence electrons. The number of aromatic amines is 1. The van der Waals surface area contributed by atoms with Crippen LogP contribution < -0.4 is 11.5 Å². The van der Waals surface area contributed by atoms with Gasteiger partial charge in [0.25, 0.3) is 0 Å². The van der Waals surface area contributed by atoms with E-state index in [0.717, 1.165) is 28.1 Å². The molecular weight excluding hydrogens is 352 g/mol. The standard InChI is InChI=1S/C22H22N4S/c23-21(22(24)16-7-8-18-19(9-16)26-12-25-18)15-5-1-13(2-6-15)17-10-20(27-11-17)14-3-4-14/h1-2,5-12,14,21-22H,3-4,23-24H2,(H,25,26). The number of benzene rings is 2. The normalized spacial score (nSPS) is 16.5. The lowest BCUT2D eigenvalue weighted by Crippen LogP contribution is -2.26. The Hall–Kier alpha value is -2.47. The van der Waals surface area contributed by atoms with Gasteiger partial charge in [0.2, 0.25) is 0 Å². The molecule has 1 aliphatic rings. The van der Waals surface area contributed by atoms with Crippen LogP contribution in [0.15, 0.2) is 60.2 Å². The summed E-state index contributed by atoms with van der Waals surface area (Å²) in [5.74, 6) is 0.807. The number of nitrogens with one attached hydrogen (secondary N) is 1. The zero-order valence-corrected chi connectivity index (χ0v) is 15.7. The summed E-state index contributed by atoms with van der Waals surface area (Å²) in [6.07, 6.45) is 4.38. The molecule has 0 spiro atoms. The molecule has 0 saturated heterocycles. The third-order valence-corrected chi connectivity index (χ3v) is 6.54. The lowest BCUT2D eigenvalue weighted by Gasteiger charge is -2.21. The fourth-order valence-corrected chi connectivity index (χ4v) is 4.65. The number of rotatable bonds is 5. The van der Waals surface area contributed by atoms with Crippen LogP contribution in [-0.4, -0.2) is 9.97 Å². The van der Waals surface area contributed by atoms with Gasteiger partial charge in [0, 0.05) is 17.0 Å². The largest absolute Gasteiger partial charge is 0.345 e. The summed E-state index contributed by atoms with van der Waals surface area (Å²) in [6.45, 7) is 0. The van der Waals surface area contributed by atoms with E-state index in [1.807, 2.05) is 29.5 Å². The molecule has 2 atom stereocenters. The topological polar surface area (TPSA) is 80.7 Å². The van der Waals surface area contributed by atoms with Gasteiger partial charge in [0.15, 0.2) is 0 Å². The molecule has 0 radical (unpaired) electrons. The number of fused-ring (bicyclic) bond motifs is 1. The summed E-state index contributed by atoms with van der Waals surface area (Å²) in [4.78, 5) is 8.89. The number of hydrogen-bond donors (Lipinski definition) is 3. The molecule has 5 N–H and O–H groups in total. The number of nitrogens with zero attached hydrogens (tertiary/aromatic N) is 1. The van der Waals surface area contributed by atoms with Crippen LogP contribution in [0.1, 0.15) is 46.8 Å². The Morgan fingerprint density at radius 3 is 2.44 bits per heavy atom.